The molecule has 1 N–H and O–H groups in total. The predicted molar refractivity (Wildman–Crippen MR) is 107 cm³/mol. The van der Waals surface area contributed by atoms with Gasteiger partial charge in [0.25, 0.3) is 5.89 Å². The number of carbonyl (C=O) groups is 1. The number of nitrogens with zero attached hydrogens (tertiary/aromatic N) is 4. The Hall–Kier alpha value is -3.62. The Morgan fingerprint density at radius 3 is 2.83 bits per heavy atom. The van der Waals surface area contributed by atoms with Gasteiger partial charge in [0.05, 0.1) is 0 Å². The zero-order chi connectivity index (χ0) is 20.3. The van der Waals surface area contributed by atoms with Gasteiger partial charge in [-0.3, -0.25) is 4.98 Å². The fraction of sp³-hybridized carbons (Fsp3) is 0.333. The predicted octanol–water partition coefficient (Wildman–Crippen LogP) is 3.00. The number of fused-ring (bicyclic) bond motifs is 1. The number of urea groups is 1. The fourth-order valence-corrected chi connectivity index (χ4v) is 3.71. The smallest absolute Gasteiger partial charge is 0.321 e. The van der Waals surface area contributed by atoms with E-state index in [-0.39, 0.29) is 6.03 Å². The van der Waals surface area contributed by atoms with Gasteiger partial charge in [-0.2, -0.15) is 4.98 Å². The number of amides is 2. The van der Waals surface area contributed by atoms with Crippen molar-refractivity contribution in [1.29, 1.82) is 0 Å². The summed E-state index contributed by atoms with van der Waals surface area (Å²) in [5.74, 6) is 2.78. The van der Waals surface area contributed by atoms with Crippen molar-refractivity contribution in [2.24, 2.45) is 5.92 Å². The lowest BCUT2D eigenvalue weighted by molar-refractivity contribution is 0.171. The maximum atomic E-state index is 12.7. The Kier molecular flexibility index (Phi) is 4.92. The molecule has 30 heavy (non-hydrogen) atoms. The Balaban J connectivity index is 1.17. The van der Waals surface area contributed by atoms with E-state index in [0.29, 0.717) is 67.5 Å². The molecule has 1 saturated heterocycles. The molecule has 0 saturated carbocycles. The van der Waals surface area contributed by atoms with E-state index in [1.807, 2.05) is 29.2 Å². The lowest BCUT2D eigenvalue weighted by Crippen LogP contribution is -2.33. The zero-order valence-electron chi connectivity index (χ0n) is 16.3. The lowest BCUT2D eigenvalue weighted by Gasteiger charge is -2.20. The number of likely N-dealkylation sites (tertiary alicyclic amines) is 1. The van der Waals surface area contributed by atoms with Gasteiger partial charge in [-0.25, -0.2) is 4.79 Å². The van der Waals surface area contributed by atoms with E-state index >= 15 is 0 Å². The first-order chi connectivity index (χ1) is 14.7. The second-order valence-corrected chi connectivity index (χ2v) is 7.35. The molecular formula is C21H21N5O4. The summed E-state index contributed by atoms with van der Waals surface area (Å²) >= 11 is 0. The monoisotopic (exact) mass is 407 g/mol. The highest BCUT2D eigenvalue weighted by Gasteiger charge is 2.28. The van der Waals surface area contributed by atoms with E-state index in [0.717, 1.165) is 12.0 Å². The fourth-order valence-electron chi connectivity index (χ4n) is 3.71. The highest BCUT2D eigenvalue weighted by molar-refractivity contribution is 5.90. The lowest BCUT2D eigenvalue weighted by atomic mass is 10.1. The zero-order valence-corrected chi connectivity index (χ0v) is 16.3. The van der Waals surface area contributed by atoms with Crippen LogP contribution in [0.3, 0.4) is 0 Å². The van der Waals surface area contributed by atoms with Crippen LogP contribution in [-0.4, -0.2) is 52.4 Å². The largest absolute Gasteiger partial charge is 0.486 e. The first-order valence-electron chi connectivity index (χ1n) is 9.93. The van der Waals surface area contributed by atoms with Crippen molar-refractivity contribution in [3.63, 3.8) is 0 Å². The summed E-state index contributed by atoms with van der Waals surface area (Å²) in [6.07, 6.45) is 4.94. The molecule has 9 nitrogen and oxygen atoms in total. The molecule has 2 aliphatic rings. The molecule has 0 spiro atoms. The molecule has 1 aromatic carbocycles. The summed E-state index contributed by atoms with van der Waals surface area (Å²) in [7, 11) is 0. The number of aromatic nitrogens is 3. The minimum absolute atomic E-state index is 0.125. The summed E-state index contributed by atoms with van der Waals surface area (Å²) in [4.78, 5) is 22.9. The molecule has 5 rings (SSSR count). The average molecular weight is 407 g/mol. The summed E-state index contributed by atoms with van der Waals surface area (Å²) < 4.78 is 16.4. The minimum atomic E-state index is -0.125. The van der Waals surface area contributed by atoms with Crippen LogP contribution in [-0.2, 0) is 6.42 Å². The summed E-state index contributed by atoms with van der Waals surface area (Å²) in [5.41, 5.74) is 1.53. The first kappa shape index (κ1) is 18.4. The van der Waals surface area contributed by atoms with Crippen molar-refractivity contribution in [3.05, 3.63) is 48.5 Å². The number of anilines is 1. The van der Waals surface area contributed by atoms with E-state index in [9.17, 15) is 4.79 Å². The number of hydrogen-bond acceptors (Lipinski definition) is 7. The quantitative estimate of drug-likeness (QED) is 0.709. The average Bonchev–Trinajstić information content (AvgIpc) is 3.45. The second-order valence-electron chi connectivity index (χ2n) is 7.35. The number of benzene rings is 1. The minimum Gasteiger partial charge on any atom is -0.486 e. The number of hydrogen-bond donors (Lipinski definition) is 1. The van der Waals surface area contributed by atoms with E-state index in [4.69, 9.17) is 14.0 Å². The van der Waals surface area contributed by atoms with Gasteiger partial charge in [0.1, 0.15) is 13.2 Å². The Labute approximate surface area is 173 Å². The molecule has 4 heterocycles. The van der Waals surface area contributed by atoms with Gasteiger partial charge >= 0.3 is 6.03 Å². The Bertz CT molecular complexity index is 1040. The normalized spacial score (nSPS) is 17.7. The molecule has 0 aliphatic carbocycles. The van der Waals surface area contributed by atoms with Crippen LogP contribution in [0.15, 0.2) is 47.2 Å². The number of ether oxygens (including phenoxy) is 2. The molecule has 0 radical (unpaired) electrons. The van der Waals surface area contributed by atoms with Gasteiger partial charge in [0.2, 0.25) is 0 Å². The maximum absolute atomic E-state index is 12.7. The molecule has 2 aliphatic heterocycles. The van der Waals surface area contributed by atoms with Gasteiger partial charge in [-0.1, -0.05) is 5.16 Å². The van der Waals surface area contributed by atoms with Crippen LogP contribution >= 0.6 is 0 Å². The number of nitrogens with one attached hydrogen (secondary N) is 1. The summed E-state index contributed by atoms with van der Waals surface area (Å²) in [5, 5.41) is 7.02. The van der Waals surface area contributed by atoms with Gasteiger partial charge in [-0.15, -0.1) is 0 Å². The molecule has 2 amide bonds. The molecule has 2 aromatic heterocycles. The molecule has 154 valence electrons. The summed E-state index contributed by atoms with van der Waals surface area (Å²) in [6.45, 7) is 2.39. The highest BCUT2D eigenvalue weighted by Crippen LogP contribution is 2.33. The van der Waals surface area contributed by atoms with Gasteiger partial charge in [0, 0.05) is 49.2 Å². The van der Waals surface area contributed by atoms with Crippen molar-refractivity contribution in [3.8, 4) is 23.0 Å². The first-order valence-corrected chi connectivity index (χ1v) is 9.93. The number of pyridine rings is 1. The van der Waals surface area contributed by atoms with Crippen LogP contribution in [0, 0.1) is 5.92 Å². The van der Waals surface area contributed by atoms with Crippen LogP contribution in [0.4, 0.5) is 10.5 Å². The van der Waals surface area contributed by atoms with Crippen LogP contribution in [0.5, 0.6) is 11.5 Å². The van der Waals surface area contributed by atoms with E-state index in [1.165, 1.54) is 0 Å². The van der Waals surface area contributed by atoms with E-state index < -0.39 is 0 Å². The SMILES string of the molecule is O=C(Nc1ccc2c(c1)OCCO2)N1CCC(Cc2noc(-c3ccncc3)n2)C1. The Morgan fingerprint density at radius 1 is 1.13 bits per heavy atom. The summed E-state index contributed by atoms with van der Waals surface area (Å²) in [6, 6.07) is 8.96. The van der Waals surface area contributed by atoms with Crippen molar-refractivity contribution in [1.82, 2.24) is 20.0 Å². The van der Waals surface area contributed by atoms with Crippen molar-refractivity contribution in [2.45, 2.75) is 12.8 Å². The van der Waals surface area contributed by atoms with Crippen molar-refractivity contribution in [2.75, 3.05) is 31.6 Å². The third-order valence-electron chi connectivity index (χ3n) is 5.23. The molecule has 0 bridgehead atoms. The van der Waals surface area contributed by atoms with Crippen molar-refractivity contribution < 1.29 is 18.8 Å². The third-order valence-corrected chi connectivity index (χ3v) is 5.23. The molecule has 1 unspecified atom stereocenters. The second kappa shape index (κ2) is 8.02. The van der Waals surface area contributed by atoms with Crippen LogP contribution in [0.2, 0.25) is 0 Å². The van der Waals surface area contributed by atoms with E-state index in [2.05, 4.69) is 20.4 Å². The van der Waals surface area contributed by atoms with E-state index in [1.54, 1.807) is 18.5 Å². The Morgan fingerprint density at radius 2 is 1.97 bits per heavy atom. The van der Waals surface area contributed by atoms with Crippen LogP contribution in [0.25, 0.3) is 11.5 Å². The topological polar surface area (TPSA) is 103 Å². The van der Waals surface area contributed by atoms with Gasteiger partial charge in [0.15, 0.2) is 17.3 Å². The third kappa shape index (κ3) is 3.91. The van der Waals surface area contributed by atoms with Crippen LogP contribution < -0.4 is 14.8 Å². The van der Waals surface area contributed by atoms with Crippen LogP contribution in [0.1, 0.15) is 12.2 Å². The number of rotatable bonds is 4. The molecule has 9 heteroatoms. The number of carbonyl (C=O) groups excluding carboxylic acids is 1. The highest BCUT2D eigenvalue weighted by atomic mass is 16.6. The molecule has 1 fully saturated rings. The standard InChI is InChI=1S/C21H21N5O4/c27-21(23-16-1-2-17-18(12-16)29-10-9-28-17)26-8-5-14(13-26)11-19-24-20(30-25-19)15-3-6-22-7-4-15/h1-4,6-7,12,14H,5,8-11,13H2,(H,23,27). The maximum Gasteiger partial charge on any atom is 0.321 e. The van der Waals surface area contributed by atoms with Gasteiger partial charge < -0.3 is 24.2 Å². The van der Waals surface area contributed by atoms with Crippen molar-refractivity contribution >= 4 is 11.7 Å². The molecule has 1 atom stereocenters. The molecular weight excluding hydrogens is 386 g/mol. The molecule has 3 aromatic rings. The van der Waals surface area contributed by atoms with Gasteiger partial charge in [-0.05, 0) is 36.6 Å².